The van der Waals surface area contributed by atoms with Crippen LogP contribution in [0.4, 0.5) is 4.39 Å². The number of hydrogen-bond acceptors (Lipinski definition) is 2. The second kappa shape index (κ2) is 8.47. The predicted molar refractivity (Wildman–Crippen MR) is 96.0 cm³/mol. The Bertz CT molecular complexity index is 722. The van der Waals surface area contributed by atoms with Crippen LogP contribution in [0.15, 0.2) is 42.5 Å². The molecule has 0 radical (unpaired) electrons. The molecule has 0 aliphatic carbocycles. The lowest BCUT2D eigenvalue weighted by Gasteiger charge is -2.25. The van der Waals surface area contributed by atoms with E-state index in [2.05, 4.69) is 5.32 Å². The molecule has 1 atom stereocenters. The minimum atomic E-state index is -0.293. The summed E-state index contributed by atoms with van der Waals surface area (Å²) in [5, 5.41) is 3.87. The van der Waals surface area contributed by atoms with Crippen LogP contribution in [0.2, 0.25) is 10.0 Å². The minimum Gasteiger partial charge on any atom is -0.354 e. The number of halogens is 3. The molecule has 2 aromatic carbocycles. The van der Waals surface area contributed by atoms with Crippen LogP contribution in [0.25, 0.3) is 0 Å². The number of carbonyl (C=O) groups is 1. The Kier molecular flexibility index (Phi) is 6.60. The molecule has 2 rings (SSSR count). The van der Waals surface area contributed by atoms with Gasteiger partial charge in [0.15, 0.2) is 0 Å². The second-order valence-electron chi connectivity index (χ2n) is 5.75. The Morgan fingerprint density at radius 2 is 1.96 bits per heavy atom. The standard InChI is InChI=1S/C18H19Cl2FN2O/c1-23(2)17(13-4-3-5-15(21)8-13)11-22-18(24)9-12-6-7-14(19)10-16(12)20/h3-8,10,17H,9,11H2,1-2H3,(H,22,24). The fraction of sp³-hybridized carbons (Fsp3) is 0.278. The first kappa shape index (κ1) is 18.7. The highest BCUT2D eigenvalue weighted by atomic mass is 35.5. The van der Waals surface area contributed by atoms with E-state index in [1.807, 2.05) is 25.1 Å². The van der Waals surface area contributed by atoms with Gasteiger partial charge in [-0.05, 0) is 49.5 Å². The van der Waals surface area contributed by atoms with Gasteiger partial charge in [0.25, 0.3) is 0 Å². The average Bonchev–Trinajstić information content (AvgIpc) is 2.50. The summed E-state index contributed by atoms with van der Waals surface area (Å²) in [7, 11) is 3.77. The number of rotatable bonds is 6. The highest BCUT2D eigenvalue weighted by Gasteiger charge is 2.16. The van der Waals surface area contributed by atoms with Crippen molar-refractivity contribution in [2.45, 2.75) is 12.5 Å². The zero-order valence-corrected chi connectivity index (χ0v) is 15.0. The van der Waals surface area contributed by atoms with Crippen LogP contribution in [0.5, 0.6) is 0 Å². The van der Waals surface area contributed by atoms with Gasteiger partial charge in [0.2, 0.25) is 5.91 Å². The maximum absolute atomic E-state index is 13.4. The van der Waals surface area contributed by atoms with Crippen LogP contribution in [0, 0.1) is 5.82 Å². The van der Waals surface area contributed by atoms with Gasteiger partial charge in [0, 0.05) is 16.6 Å². The average molecular weight is 369 g/mol. The van der Waals surface area contributed by atoms with Crippen molar-refractivity contribution < 1.29 is 9.18 Å². The fourth-order valence-corrected chi connectivity index (χ4v) is 2.90. The molecule has 0 saturated heterocycles. The molecule has 1 unspecified atom stereocenters. The maximum Gasteiger partial charge on any atom is 0.224 e. The third-order valence-electron chi connectivity index (χ3n) is 3.72. The lowest BCUT2D eigenvalue weighted by atomic mass is 10.1. The predicted octanol–water partition coefficient (Wildman–Crippen LogP) is 4.09. The molecule has 0 aliphatic heterocycles. The first-order chi connectivity index (χ1) is 11.4. The molecule has 3 nitrogen and oxygen atoms in total. The van der Waals surface area contributed by atoms with E-state index in [4.69, 9.17) is 23.2 Å². The minimum absolute atomic E-state index is 0.120. The number of benzene rings is 2. The molecule has 6 heteroatoms. The Morgan fingerprint density at radius 1 is 1.21 bits per heavy atom. The summed E-state index contributed by atoms with van der Waals surface area (Å²) in [5.41, 5.74) is 1.52. The van der Waals surface area contributed by atoms with Crippen molar-refractivity contribution in [3.8, 4) is 0 Å². The largest absolute Gasteiger partial charge is 0.354 e. The normalized spacial score (nSPS) is 12.2. The lowest BCUT2D eigenvalue weighted by molar-refractivity contribution is -0.120. The zero-order chi connectivity index (χ0) is 17.7. The molecule has 1 amide bonds. The van der Waals surface area contributed by atoms with E-state index in [0.29, 0.717) is 22.2 Å². The zero-order valence-electron chi connectivity index (χ0n) is 13.5. The molecule has 0 spiro atoms. The number of likely N-dealkylation sites (N-methyl/N-ethyl adjacent to an activating group) is 1. The number of nitrogens with one attached hydrogen (secondary N) is 1. The van der Waals surface area contributed by atoms with Crippen LogP contribution >= 0.6 is 23.2 Å². The van der Waals surface area contributed by atoms with Gasteiger partial charge >= 0.3 is 0 Å². The van der Waals surface area contributed by atoms with E-state index in [0.717, 1.165) is 5.56 Å². The molecule has 0 aromatic heterocycles. The summed E-state index contributed by atoms with van der Waals surface area (Å²) in [6, 6.07) is 11.3. The second-order valence-corrected chi connectivity index (χ2v) is 6.59. The number of hydrogen-bond donors (Lipinski definition) is 1. The number of carbonyl (C=O) groups excluding carboxylic acids is 1. The van der Waals surface area contributed by atoms with Gasteiger partial charge < -0.3 is 10.2 Å². The lowest BCUT2D eigenvalue weighted by Crippen LogP contribution is -2.35. The first-order valence-electron chi connectivity index (χ1n) is 7.49. The molecule has 128 valence electrons. The van der Waals surface area contributed by atoms with Crippen molar-refractivity contribution >= 4 is 29.1 Å². The maximum atomic E-state index is 13.4. The molecular weight excluding hydrogens is 350 g/mol. The topological polar surface area (TPSA) is 32.3 Å². The van der Waals surface area contributed by atoms with E-state index in [9.17, 15) is 9.18 Å². The van der Waals surface area contributed by atoms with Crippen LogP contribution in [-0.4, -0.2) is 31.4 Å². The summed E-state index contributed by atoms with van der Waals surface area (Å²) in [6.07, 6.45) is 0.166. The van der Waals surface area contributed by atoms with Crippen LogP contribution in [-0.2, 0) is 11.2 Å². The van der Waals surface area contributed by atoms with Crippen molar-refractivity contribution in [1.29, 1.82) is 0 Å². The van der Waals surface area contributed by atoms with Gasteiger partial charge in [0.05, 0.1) is 12.5 Å². The van der Waals surface area contributed by atoms with Gasteiger partial charge in [-0.25, -0.2) is 4.39 Å². The summed E-state index contributed by atoms with van der Waals surface area (Å²) in [5.74, 6) is -0.443. The Hall–Kier alpha value is -1.62. The first-order valence-corrected chi connectivity index (χ1v) is 8.25. The molecule has 1 N–H and O–H groups in total. The van der Waals surface area contributed by atoms with Gasteiger partial charge in [-0.3, -0.25) is 4.79 Å². The van der Waals surface area contributed by atoms with Crippen LogP contribution < -0.4 is 5.32 Å². The van der Waals surface area contributed by atoms with Crippen LogP contribution in [0.1, 0.15) is 17.2 Å². The quantitative estimate of drug-likeness (QED) is 0.832. The highest BCUT2D eigenvalue weighted by Crippen LogP contribution is 2.22. The Labute approximate surface area is 151 Å². The highest BCUT2D eigenvalue weighted by molar-refractivity contribution is 6.35. The molecular formula is C18H19Cl2FN2O. The van der Waals surface area contributed by atoms with Gasteiger partial charge in [0.1, 0.15) is 5.82 Å². The van der Waals surface area contributed by atoms with E-state index >= 15 is 0 Å². The third kappa shape index (κ3) is 5.20. The van der Waals surface area contributed by atoms with Crippen molar-refractivity contribution in [2.24, 2.45) is 0 Å². The van der Waals surface area contributed by atoms with E-state index in [-0.39, 0.29) is 24.2 Å². The molecule has 0 aliphatic rings. The Morgan fingerprint density at radius 3 is 2.58 bits per heavy atom. The van der Waals surface area contributed by atoms with Gasteiger partial charge in [-0.2, -0.15) is 0 Å². The summed E-state index contributed by atoms with van der Waals surface area (Å²) >= 11 is 11.9. The van der Waals surface area contributed by atoms with E-state index in [1.54, 1.807) is 24.3 Å². The smallest absolute Gasteiger partial charge is 0.224 e. The molecule has 0 saturated carbocycles. The molecule has 0 bridgehead atoms. The van der Waals surface area contributed by atoms with Crippen molar-refractivity contribution in [3.63, 3.8) is 0 Å². The van der Waals surface area contributed by atoms with E-state index in [1.165, 1.54) is 12.1 Å². The van der Waals surface area contributed by atoms with Crippen LogP contribution in [0.3, 0.4) is 0 Å². The van der Waals surface area contributed by atoms with E-state index < -0.39 is 0 Å². The number of nitrogens with zero attached hydrogens (tertiary/aromatic N) is 1. The molecule has 0 fully saturated rings. The summed E-state index contributed by atoms with van der Waals surface area (Å²) in [6.45, 7) is 0.375. The summed E-state index contributed by atoms with van der Waals surface area (Å²) in [4.78, 5) is 14.1. The van der Waals surface area contributed by atoms with Gasteiger partial charge in [-0.1, -0.05) is 41.4 Å². The third-order valence-corrected chi connectivity index (χ3v) is 4.30. The van der Waals surface area contributed by atoms with Crippen molar-refractivity contribution in [1.82, 2.24) is 10.2 Å². The van der Waals surface area contributed by atoms with Crippen molar-refractivity contribution in [3.05, 3.63) is 69.5 Å². The molecule has 0 heterocycles. The monoisotopic (exact) mass is 368 g/mol. The molecule has 24 heavy (non-hydrogen) atoms. The Balaban J connectivity index is 2.00. The van der Waals surface area contributed by atoms with Crippen molar-refractivity contribution in [2.75, 3.05) is 20.6 Å². The summed E-state index contributed by atoms with van der Waals surface area (Å²) < 4.78 is 13.4. The fourth-order valence-electron chi connectivity index (χ4n) is 2.42. The molecule has 2 aromatic rings. The van der Waals surface area contributed by atoms with Gasteiger partial charge in [-0.15, -0.1) is 0 Å². The SMILES string of the molecule is CN(C)C(CNC(=O)Cc1ccc(Cl)cc1Cl)c1cccc(F)c1. The number of amides is 1.